The Balaban J connectivity index is 1.62. The molecular weight excluding hydrogens is 430 g/mol. The number of ether oxygens (including phenoxy) is 1. The lowest BCUT2D eigenvalue weighted by Gasteiger charge is -2.28. The van der Waals surface area contributed by atoms with E-state index in [4.69, 9.17) is 10.00 Å². The van der Waals surface area contributed by atoms with Crippen LogP contribution in [0.5, 0.6) is 5.75 Å². The molecule has 0 N–H and O–H groups in total. The first-order valence-corrected chi connectivity index (χ1v) is 10.9. The van der Waals surface area contributed by atoms with Gasteiger partial charge in [0.1, 0.15) is 11.8 Å². The Morgan fingerprint density at radius 2 is 1.71 bits per heavy atom. The SMILES string of the molecule is COc1ccc(C(=O)N(CCc2ccccc2)C2CC(=O)N(c3ccc(C#N)cc3)C2=O)cc1. The maximum Gasteiger partial charge on any atom is 0.257 e. The van der Waals surface area contributed by atoms with Gasteiger partial charge in [0.15, 0.2) is 0 Å². The summed E-state index contributed by atoms with van der Waals surface area (Å²) in [5.41, 5.74) is 2.25. The van der Waals surface area contributed by atoms with E-state index in [1.165, 1.54) is 4.90 Å². The lowest BCUT2D eigenvalue weighted by atomic mass is 10.1. The van der Waals surface area contributed by atoms with Gasteiger partial charge in [-0.15, -0.1) is 0 Å². The minimum Gasteiger partial charge on any atom is -0.497 e. The first-order valence-electron chi connectivity index (χ1n) is 10.9. The highest BCUT2D eigenvalue weighted by Crippen LogP contribution is 2.27. The van der Waals surface area contributed by atoms with Crippen LogP contribution < -0.4 is 9.64 Å². The number of amides is 3. The number of hydrogen-bond donors (Lipinski definition) is 0. The van der Waals surface area contributed by atoms with E-state index in [-0.39, 0.29) is 24.8 Å². The highest BCUT2D eigenvalue weighted by atomic mass is 16.5. The minimum atomic E-state index is -0.915. The Hall–Kier alpha value is -4.44. The van der Waals surface area contributed by atoms with Gasteiger partial charge < -0.3 is 9.64 Å². The van der Waals surface area contributed by atoms with Gasteiger partial charge in [-0.05, 0) is 60.5 Å². The first-order chi connectivity index (χ1) is 16.5. The van der Waals surface area contributed by atoms with E-state index in [0.717, 1.165) is 10.5 Å². The Labute approximate surface area is 197 Å². The monoisotopic (exact) mass is 453 g/mol. The van der Waals surface area contributed by atoms with E-state index in [0.29, 0.717) is 29.0 Å². The second kappa shape index (κ2) is 10.0. The molecule has 0 aromatic heterocycles. The zero-order chi connectivity index (χ0) is 24.1. The van der Waals surface area contributed by atoms with Crippen LogP contribution in [-0.2, 0) is 16.0 Å². The van der Waals surface area contributed by atoms with Gasteiger partial charge in [-0.1, -0.05) is 30.3 Å². The van der Waals surface area contributed by atoms with Crippen LogP contribution in [0.2, 0.25) is 0 Å². The summed E-state index contributed by atoms with van der Waals surface area (Å²) in [7, 11) is 1.55. The molecule has 1 aliphatic heterocycles. The van der Waals surface area contributed by atoms with Crippen molar-refractivity contribution in [1.82, 2.24) is 4.90 Å². The summed E-state index contributed by atoms with van der Waals surface area (Å²) in [5, 5.41) is 9.02. The maximum atomic E-state index is 13.5. The Morgan fingerprint density at radius 3 is 2.32 bits per heavy atom. The molecule has 0 spiro atoms. The van der Waals surface area contributed by atoms with Crippen molar-refractivity contribution in [2.45, 2.75) is 18.9 Å². The van der Waals surface area contributed by atoms with E-state index < -0.39 is 11.9 Å². The molecule has 3 aromatic carbocycles. The number of carbonyl (C=O) groups is 3. The van der Waals surface area contributed by atoms with Gasteiger partial charge in [-0.2, -0.15) is 5.26 Å². The molecule has 3 aromatic rings. The predicted octanol–water partition coefficient (Wildman–Crippen LogP) is 3.58. The summed E-state index contributed by atoms with van der Waals surface area (Å²) in [6.07, 6.45) is 0.438. The summed E-state index contributed by atoms with van der Waals surface area (Å²) in [6.45, 7) is 0.278. The van der Waals surface area contributed by atoms with Crippen LogP contribution in [-0.4, -0.2) is 42.3 Å². The maximum absolute atomic E-state index is 13.5. The van der Waals surface area contributed by atoms with E-state index in [1.807, 2.05) is 36.4 Å². The number of methoxy groups -OCH3 is 1. The molecule has 7 nitrogen and oxygen atoms in total. The van der Waals surface area contributed by atoms with E-state index in [2.05, 4.69) is 0 Å². The number of hydrogen-bond acceptors (Lipinski definition) is 5. The van der Waals surface area contributed by atoms with Crippen molar-refractivity contribution < 1.29 is 19.1 Å². The number of nitrogens with zero attached hydrogens (tertiary/aromatic N) is 3. The average molecular weight is 453 g/mol. The van der Waals surface area contributed by atoms with Gasteiger partial charge in [0.25, 0.3) is 11.8 Å². The third kappa shape index (κ3) is 4.66. The molecule has 0 saturated carbocycles. The summed E-state index contributed by atoms with van der Waals surface area (Å²) in [4.78, 5) is 42.3. The number of rotatable bonds is 7. The number of carbonyl (C=O) groups excluding carboxylic acids is 3. The molecule has 4 rings (SSSR count). The van der Waals surface area contributed by atoms with Crippen LogP contribution >= 0.6 is 0 Å². The summed E-state index contributed by atoms with van der Waals surface area (Å²) in [5.74, 6) is -0.547. The van der Waals surface area contributed by atoms with E-state index in [1.54, 1.807) is 55.6 Å². The van der Waals surface area contributed by atoms with E-state index >= 15 is 0 Å². The second-order valence-corrected chi connectivity index (χ2v) is 7.91. The topological polar surface area (TPSA) is 90.7 Å². The van der Waals surface area contributed by atoms with Crippen LogP contribution in [0.1, 0.15) is 27.9 Å². The molecule has 170 valence electrons. The van der Waals surface area contributed by atoms with Crippen molar-refractivity contribution in [3.63, 3.8) is 0 Å². The molecule has 3 amide bonds. The highest BCUT2D eigenvalue weighted by molar-refractivity contribution is 6.23. The van der Waals surface area contributed by atoms with Crippen molar-refractivity contribution in [2.75, 3.05) is 18.6 Å². The van der Waals surface area contributed by atoms with Crippen LogP contribution in [0, 0.1) is 11.3 Å². The standard InChI is InChI=1S/C27H23N3O4/c1-34-23-13-9-21(10-14-23)26(32)29(16-15-19-5-3-2-4-6-19)24-17-25(31)30(27(24)33)22-11-7-20(18-28)8-12-22/h2-14,24H,15-17H2,1H3. The quantitative estimate of drug-likeness (QED) is 0.510. The molecule has 1 saturated heterocycles. The van der Waals surface area contributed by atoms with Crippen molar-refractivity contribution in [1.29, 1.82) is 5.26 Å². The molecule has 34 heavy (non-hydrogen) atoms. The van der Waals surface area contributed by atoms with Crippen molar-refractivity contribution in [2.24, 2.45) is 0 Å². The molecule has 1 atom stereocenters. The molecule has 7 heteroatoms. The number of anilines is 1. The lowest BCUT2D eigenvalue weighted by Crippen LogP contribution is -2.46. The third-order valence-electron chi connectivity index (χ3n) is 5.84. The van der Waals surface area contributed by atoms with Crippen LogP contribution in [0.3, 0.4) is 0 Å². The fraction of sp³-hybridized carbons (Fsp3) is 0.185. The Kier molecular flexibility index (Phi) is 6.69. The Bertz CT molecular complexity index is 1230. The van der Waals surface area contributed by atoms with Gasteiger partial charge in [-0.25, -0.2) is 4.90 Å². The minimum absolute atomic E-state index is 0.102. The fourth-order valence-corrected chi connectivity index (χ4v) is 4.01. The summed E-state index contributed by atoms with van der Waals surface area (Å²) >= 11 is 0. The number of imide groups is 1. The van der Waals surface area contributed by atoms with Crippen molar-refractivity contribution in [3.05, 3.63) is 95.6 Å². The van der Waals surface area contributed by atoms with Crippen LogP contribution in [0.25, 0.3) is 0 Å². The zero-order valence-corrected chi connectivity index (χ0v) is 18.7. The number of nitriles is 1. The molecule has 0 bridgehead atoms. The molecule has 1 aliphatic rings. The van der Waals surface area contributed by atoms with Gasteiger partial charge >= 0.3 is 0 Å². The van der Waals surface area contributed by atoms with Gasteiger partial charge in [0.2, 0.25) is 5.91 Å². The Morgan fingerprint density at radius 1 is 1.03 bits per heavy atom. The molecule has 1 unspecified atom stereocenters. The van der Waals surface area contributed by atoms with Crippen molar-refractivity contribution >= 4 is 23.4 Å². The van der Waals surface area contributed by atoms with Gasteiger partial charge in [-0.3, -0.25) is 14.4 Å². The molecule has 1 heterocycles. The van der Waals surface area contributed by atoms with Gasteiger partial charge in [0.05, 0.1) is 30.9 Å². The second-order valence-electron chi connectivity index (χ2n) is 7.91. The van der Waals surface area contributed by atoms with Crippen LogP contribution in [0.4, 0.5) is 5.69 Å². The smallest absolute Gasteiger partial charge is 0.257 e. The number of benzene rings is 3. The molecular formula is C27H23N3O4. The first kappa shape index (κ1) is 22.7. The fourth-order valence-electron chi connectivity index (χ4n) is 4.01. The van der Waals surface area contributed by atoms with Crippen molar-refractivity contribution in [3.8, 4) is 11.8 Å². The van der Waals surface area contributed by atoms with Gasteiger partial charge in [0, 0.05) is 12.1 Å². The summed E-state index contributed by atoms with van der Waals surface area (Å²) < 4.78 is 5.17. The zero-order valence-electron chi connectivity index (χ0n) is 18.7. The summed E-state index contributed by atoms with van der Waals surface area (Å²) in [6, 6.07) is 23.7. The third-order valence-corrected chi connectivity index (χ3v) is 5.84. The molecule has 1 fully saturated rings. The predicted molar refractivity (Wildman–Crippen MR) is 126 cm³/mol. The molecule has 0 radical (unpaired) electrons. The van der Waals surface area contributed by atoms with Crippen LogP contribution in [0.15, 0.2) is 78.9 Å². The highest BCUT2D eigenvalue weighted by Gasteiger charge is 2.44. The average Bonchev–Trinajstić information content (AvgIpc) is 3.18. The largest absolute Gasteiger partial charge is 0.497 e. The lowest BCUT2D eigenvalue weighted by molar-refractivity contribution is -0.122. The molecule has 0 aliphatic carbocycles. The van der Waals surface area contributed by atoms with E-state index in [9.17, 15) is 14.4 Å². The normalized spacial score (nSPS) is 15.2.